The van der Waals surface area contributed by atoms with Crippen LogP contribution in [0.15, 0.2) is 0 Å². The van der Waals surface area contributed by atoms with Gasteiger partial charge in [-0.3, -0.25) is 0 Å². The Labute approximate surface area is 127 Å². The smallest absolute Gasteiger partial charge is 0.0558 e. The fourth-order valence-corrected chi connectivity index (χ4v) is 4.72. The number of alkyl halides is 2. The minimum atomic E-state index is 0.133. The molecule has 17 heavy (non-hydrogen) atoms. The minimum absolute atomic E-state index is 0.133. The predicted molar refractivity (Wildman–Crippen MR) is 85.4 cm³/mol. The van der Waals surface area contributed by atoms with E-state index in [9.17, 15) is 0 Å². The molecule has 2 atom stereocenters. The summed E-state index contributed by atoms with van der Waals surface area (Å²) >= 11 is 16.9. The van der Waals surface area contributed by atoms with Crippen molar-refractivity contribution < 1.29 is 10.2 Å². The number of rotatable bonds is 12. The van der Waals surface area contributed by atoms with Crippen molar-refractivity contribution in [2.75, 3.05) is 47.9 Å². The lowest BCUT2D eigenvalue weighted by Gasteiger charge is -2.14. The third kappa shape index (κ3) is 12.3. The largest absolute Gasteiger partial charge is 0.396 e. The lowest BCUT2D eigenvalue weighted by Crippen LogP contribution is -2.15. The van der Waals surface area contributed by atoms with Crippen molar-refractivity contribution >= 4 is 58.5 Å². The summed E-state index contributed by atoms with van der Waals surface area (Å²) in [5, 5.41) is 18.2. The van der Waals surface area contributed by atoms with Crippen molar-refractivity contribution in [1.82, 2.24) is 0 Å². The van der Waals surface area contributed by atoms with Crippen LogP contribution in [0, 0.1) is 0 Å². The van der Waals surface area contributed by atoms with Gasteiger partial charge in [0.25, 0.3) is 0 Å². The Morgan fingerprint density at radius 3 is 2.29 bits per heavy atom. The van der Waals surface area contributed by atoms with Crippen LogP contribution in [0.2, 0.25) is 0 Å². The van der Waals surface area contributed by atoms with Gasteiger partial charge in [0.05, 0.1) is 18.6 Å². The van der Waals surface area contributed by atoms with Crippen molar-refractivity contribution in [3.8, 4) is 0 Å². The first-order valence-electron chi connectivity index (χ1n) is 5.43. The molecule has 0 aliphatic rings. The van der Waals surface area contributed by atoms with Gasteiger partial charge in [-0.05, 0) is 0 Å². The van der Waals surface area contributed by atoms with E-state index in [1.807, 2.05) is 0 Å². The topological polar surface area (TPSA) is 40.5 Å². The van der Waals surface area contributed by atoms with Gasteiger partial charge in [0.15, 0.2) is 0 Å². The first-order valence-corrected chi connectivity index (χ1v) is 9.76. The maximum Gasteiger partial charge on any atom is 0.0558 e. The minimum Gasteiger partial charge on any atom is -0.396 e. The van der Waals surface area contributed by atoms with Gasteiger partial charge in [0.2, 0.25) is 0 Å². The van der Waals surface area contributed by atoms with Crippen LogP contribution in [-0.2, 0) is 0 Å². The highest BCUT2D eigenvalue weighted by Gasteiger charge is 2.10. The molecule has 2 N–H and O–H groups in total. The van der Waals surface area contributed by atoms with Gasteiger partial charge in [-0.25, -0.2) is 0 Å². The Morgan fingerprint density at radius 2 is 1.71 bits per heavy atom. The second-order valence-electron chi connectivity index (χ2n) is 3.30. The van der Waals surface area contributed by atoms with E-state index in [2.05, 4.69) is 0 Å². The summed E-state index contributed by atoms with van der Waals surface area (Å²) in [5.41, 5.74) is 0. The molecule has 0 bridgehead atoms. The summed E-state index contributed by atoms with van der Waals surface area (Å²) in [6, 6.07) is 0. The zero-order valence-corrected chi connectivity index (χ0v) is 13.6. The summed E-state index contributed by atoms with van der Waals surface area (Å²) in [5.74, 6) is 4.92. The zero-order chi connectivity index (χ0) is 12.9. The summed E-state index contributed by atoms with van der Waals surface area (Å²) in [6.45, 7) is 0.407. The number of aliphatic hydroxyl groups is 2. The molecule has 2 nitrogen and oxygen atoms in total. The molecular formula is C10H20Cl2O2S3. The molecule has 0 aromatic rings. The van der Waals surface area contributed by atoms with Gasteiger partial charge < -0.3 is 10.2 Å². The van der Waals surface area contributed by atoms with Gasteiger partial charge in [-0.2, -0.15) is 35.3 Å². The molecule has 0 aromatic heterocycles. The Hall–Kier alpha value is 1.55. The fraction of sp³-hybridized carbons (Fsp3) is 1.00. The number of hydrogen-bond donors (Lipinski definition) is 2. The predicted octanol–water partition coefficient (Wildman–Crippen LogP) is 2.39. The third-order valence-electron chi connectivity index (χ3n) is 1.77. The second kappa shape index (κ2) is 14.0. The van der Waals surface area contributed by atoms with Crippen molar-refractivity contribution in [1.29, 1.82) is 0 Å². The molecule has 0 heterocycles. The molecule has 0 saturated heterocycles. The van der Waals surface area contributed by atoms with Gasteiger partial charge in [0, 0.05) is 39.9 Å². The number of halogens is 2. The Balaban J connectivity index is 3.45. The van der Waals surface area contributed by atoms with E-state index in [1.165, 1.54) is 0 Å². The van der Waals surface area contributed by atoms with Crippen molar-refractivity contribution in [3.63, 3.8) is 0 Å². The van der Waals surface area contributed by atoms with Crippen LogP contribution < -0.4 is 0 Å². The molecule has 0 fully saturated rings. The number of thioether (sulfide) groups is 3. The Kier molecular flexibility index (Phi) is 15.2. The van der Waals surface area contributed by atoms with Gasteiger partial charge in [-0.15, -0.1) is 23.2 Å². The van der Waals surface area contributed by atoms with Crippen molar-refractivity contribution in [2.45, 2.75) is 10.6 Å². The van der Waals surface area contributed by atoms with E-state index in [0.29, 0.717) is 5.88 Å². The molecule has 0 amide bonds. The lowest BCUT2D eigenvalue weighted by atomic mass is 10.5. The van der Waals surface area contributed by atoms with Crippen LogP contribution in [0.3, 0.4) is 0 Å². The van der Waals surface area contributed by atoms with Gasteiger partial charge in [0.1, 0.15) is 0 Å². The number of aliphatic hydroxyl groups excluding tert-OH is 2. The Morgan fingerprint density at radius 1 is 1.00 bits per heavy atom. The molecule has 0 aliphatic carbocycles. The normalized spacial score (nSPS) is 14.8. The Bertz CT molecular complexity index is 166. The lowest BCUT2D eigenvalue weighted by molar-refractivity contribution is 0.301. The van der Waals surface area contributed by atoms with Crippen LogP contribution in [0.25, 0.3) is 0 Å². The first kappa shape index (κ1) is 18.6. The first-order chi connectivity index (χ1) is 8.24. The van der Waals surface area contributed by atoms with Crippen LogP contribution in [-0.4, -0.2) is 68.7 Å². The fourth-order valence-electron chi connectivity index (χ4n) is 1.02. The molecular weight excluding hydrogens is 319 g/mol. The molecule has 0 rings (SSSR count). The SMILES string of the molecule is OCCSCC(Cl)CSCC(CO)SCCCl. The molecule has 0 radical (unpaired) electrons. The van der Waals surface area contributed by atoms with Crippen molar-refractivity contribution in [2.24, 2.45) is 0 Å². The van der Waals surface area contributed by atoms with Crippen LogP contribution in [0.5, 0.6) is 0 Å². The average Bonchev–Trinajstić information content (AvgIpc) is 2.34. The zero-order valence-electron chi connectivity index (χ0n) is 9.69. The highest BCUT2D eigenvalue weighted by atomic mass is 35.5. The van der Waals surface area contributed by atoms with Crippen LogP contribution >= 0.6 is 58.5 Å². The van der Waals surface area contributed by atoms with Crippen molar-refractivity contribution in [3.05, 3.63) is 0 Å². The highest BCUT2D eigenvalue weighted by molar-refractivity contribution is 8.03. The van der Waals surface area contributed by atoms with E-state index < -0.39 is 0 Å². The maximum absolute atomic E-state index is 9.15. The van der Waals surface area contributed by atoms with Gasteiger partial charge >= 0.3 is 0 Å². The van der Waals surface area contributed by atoms with E-state index >= 15 is 0 Å². The highest BCUT2D eigenvalue weighted by Crippen LogP contribution is 2.19. The third-order valence-corrected chi connectivity index (χ3v) is 6.68. The molecule has 2 unspecified atom stereocenters. The monoisotopic (exact) mass is 338 g/mol. The van der Waals surface area contributed by atoms with Gasteiger partial charge in [-0.1, -0.05) is 0 Å². The van der Waals surface area contributed by atoms with E-state index in [-0.39, 0.29) is 23.8 Å². The molecule has 0 aromatic carbocycles. The quantitative estimate of drug-likeness (QED) is 0.422. The molecule has 0 spiro atoms. The molecule has 0 saturated carbocycles. The standard InChI is InChI=1S/C10H20Cl2O2S3/c11-1-3-17-10(5-14)8-16-7-9(12)6-15-4-2-13/h9-10,13-14H,1-8H2. The summed E-state index contributed by atoms with van der Waals surface area (Å²) in [7, 11) is 0. The summed E-state index contributed by atoms with van der Waals surface area (Å²) < 4.78 is 0. The van der Waals surface area contributed by atoms with E-state index in [0.717, 1.165) is 28.8 Å². The molecule has 7 heteroatoms. The average molecular weight is 339 g/mol. The maximum atomic E-state index is 9.15. The number of hydrogen-bond acceptors (Lipinski definition) is 5. The van der Waals surface area contributed by atoms with Crippen LogP contribution in [0.1, 0.15) is 0 Å². The van der Waals surface area contributed by atoms with Crippen LogP contribution in [0.4, 0.5) is 0 Å². The van der Waals surface area contributed by atoms with E-state index in [4.69, 9.17) is 33.4 Å². The summed E-state index contributed by atoms with van der Waals surface area (Å²) in [4.78, 5) is 0. The molecule has 104 valence electrons. The summed E-state index contributed by atoms with van der Waals surface area (Å²) in [6.07, 6.45) is 0. The molecule has 0 aliphatic heterocycles. The second-order valence-corrected chi connectivity index (χ2v) is 7.93. The van der Waals surface area contributed by atoms with E-state index in [1.54, 1.807) is 35.3 Å².